The van der Waals surface area contributed by atoms with E-state index in [1.807, 2.05) is 50.0 Å². The molecule has 3 amide bonds. The average Bonchev–Trinajstić information content (AvgIpc) is 3.23. The number of benzene rings is 1. The zero-order chi connectivity index (χ0) is 18.6. The Hall–Kier alpha value is -2.41. The van der Waals surface area contributed by atoms with Crippen LogP contribution in [-0.2, 0) is 14.3 Å². The summed E-state index contributed by atoms with van der Waals surface area (Å²) in [4.78, 5) is 38.7. The van der Waals surface area contributed by atoms with Gasteiger partial charge in [-0.2, -0.15) is 0 Å². The first-order chi connectivity index (χ1) is 12.3. The number of fused-ring (bicyclic) bond motifs is 1. The monoisotopic (exact) mass is 357 g/mol. The van der Waals surface area contributed by atoms with Gasteiger partial charge in [-0.05, 0) is 26.3 Å². The summed E-state index contributed by atoms with van der Waals surface area (Å²) in [5.41, 5.74) is 1.73. The Bertz CT molecular complexity index is 773. The summed E-state index contributed by atoms with van der Waals surface area (Å²) in [6.45, 7) is 6.84. The van der Waals surface area contributed by atoms with E-state index < -0.39 is 12.0 Å². The number of carbonyl (C=O) groups excluding carboxylic acids is 3. The van der Waals surface area contributed by atoms with Crippen LogP contribution in [0.15, 0.2) is 24.3 Å². The van der Waals surface area contributed by atoms with Gasteiger partial charge in [-0.1, -0.05) is 29.8 Å². The highest BCUT2D eigenvalue weighted by Gasteiger charge is 2.57. The molecule has 2 atom stereocenters. The van der Waals surface area contributed by atoms with Crippen LogP contribution >= 0.6 is 0 Å². The second-order valence-electron chi connectivity index (χ2n) is 7.88. The minimum Gasteiger partial charge on any atom is -0.447 e. The van der Waals surface area contributed by atoms with Crippen LogP contribution in [0.25, 0.3) is 0 Å². The maximum atomic E-state index is 13.1. The number of aryl methyl sites for hydroxylation is 1. The quantitative estimate of drug-likeness (QED) is 0.808. The lowest BCUT2D eigenvalue weighted by Gasteiger charge is -2.37. The van der Waals surface area contributed by atoms with E-state index in [2.05, 4.69) is 0 Å². The van der Waals surface area contributed by atoms with Crippen LogP contribution in [0, 0.1) is 12.8 Å². The van der Waals surface area contributed by atoms with Gasteiger partial charge in [-0.25, -0.2) is 14.7 Å². The molecule has 4 rings (SSSR count). The Balaban J connectivity index is 1.75. The van der Waals surface area contributed by atoms with Crippen molar-refractivity contribution < 1.29 is 19.1 Å². The van der Waals surface area contributed by atoms with Gasteiger partial charge in [0.2, 0.25) is 11.8 Å². The highest BCUT2D eigenvalue weighted by atomic mass is 16.6. The second kappa shape index (κ2) is 5.81. The summed E-state index contributed by atoms with van der Waals surface area (Å²) in [5, 5.41) is 3.72. The van der Waals surface area contributed by atoms with E-state index >= 15 is 0 Å². The molecule has 7 heteroatoms. The maximum absolute atomic E-state index is 13.1. The summed E-state index contributed by atoms with van der Waals surface area (Å²) in [6.07, 6.45) is -0.174. The number of amides is 3. The lowest BCUT2D eigenvalue weighted by atomic mass is 9.88. The van der Waals surface area contributed by atoms with E-state index in [9.17, 15) is 14.4 Å². The first-order valence-corrected chi connectivity index (χ1v) is 8.94. The lowest BCUT2D eigenvalue weighted by Crippen LogP contribution is -2.45. The predicted molar refractivity (Wildman–Crippen MR) is 92.7 cm³/mol. The third kappa shape index (κ3) is 2.49. The fraction of sp³-hybridized carbons (Fsp3) is 0.526. The number of hydrogen-bond acceptors (Lipinski definition) is 5. The summed E-state index contributed by atoms with van der Waals surface area (Å²) < 4.78 is 4.93. The van der Waals surface area contributed by atoms with Crippen molar-refractivity contribution in [2.75, 3.05) is 19.7 Å². The van der Waals surface area contributed by atoms with Crippen LogP contribution in [0.2, 0.25) is 0 Å². The Labute approximate surface area is 152 Å². The molecule has 0 unspecified atom stereocenters. The van der Waals surface area contributed by atoms with Crippen LogP contribution in [0.5, 0.6) is 0 Å². The van der Waals surface area contributed by atoms with Gasteiger partial charge in [0.05, 0.1) is 25.0 Å². The molecule has 0 aromatic heterocycles. The van der Waals surface area contributed by atoms with Gasteiger partial charge in [0.1, 0.15) is 6.61 Å². The molecule has 1 aromatic rings. The number of nitrogens with zero attached hydrogens (tertiary/aromatic N) is 3. The summed E-state index contributed by atoms with van der Waals surface area (Å²) in [5.74, 6) is -0.741. The molecule has 3 saturated heterocycles. The Morgan fingerprint density at radius 3 is 2.50 bits per heavy atom. The molecule has 26 heavy (non-hydrogen) atoms. The van der Waals surface area contributed by atoms with Crippen molar-refractivity contribution in [1.29, 1.82) is 0 Å². The lowest BCUT2D eigenvalue weighted by molar-refractivity contribution is -0.137. The van der Waals surface area contributed by atoms with Gasteiger partial charge in [-0.3, -0.25) is 14.6 Å². The molecule has 3 aliphatic heterocycles. The fourth-order valence-corrected chi connectivity index (χ4v) is 4.31. The molecule has 0 bridgehead atoms. The minimum absolute atomic E-state index is 0.0198. The minimum atomic E-state index is -0.592. The molecule has 0 spiro atoms. The van der Waals surface area contributed by atoms with E-state index in [0.717, 1.165) is 11.1 Å². The highest BCUT2D eigenvalue weighted by Crippen LogP contribution is 2.47. The van der Waals surface area contributed by atoms with Gasteiger partial charge >= 0.3 is 6.09 Å². The fourth-order valence-electron chi connectivity index (χ4n) is 4.31. The number of hydrazine groups is 1. The molecule has 7 nitrogen and oxygen atoms in total. The topological polar surface area (TPSA) is 70.2 Å². The van der Waals surface area contributed by atoms with Crippen LogP contribution < -0.4 is 0 Å². The van der Waals surface area contributed by atoms with Crippen molar-refractivity contribution in [3.63, 3.8) is 0 Å². The average molecular weight is 357 g/mol. The summed E-state index contributed by atoms with van der Waals surface area (Å²) in [6, 6.07) is 7.75. The molecule has 3 fully saturated rings. The van der Waals surface area contributed by atoms with E-state index in [4.69, 9.17) is 4.74 Å². The third-order valence-electron chi connectivity index (χ3n) is 5.53. The SMILES string of the molecule is Cc1ccc([C@H]2[C@H](C(=O)N3CCOC3=O)CN3C(=O)CC(C)(C)N23)cc1. The van der Waals surface area contributed by atoms with Crippen molar-refractivity contribution in [2.45, 2.75) is 38.8 Å². The highest BCUT2D eigenvalue weighted by molar-refractivity contribution is 5.95. The van der Waals surface area contributed by atoms with Crippen molar-refractivity contribution in [2.24, 2.45) is 5.92 Å². The normalized spacial score (nSPS) is 27.8. The van der Waals surface area contributed by atoms with Crippen molar-refractivity contribution in [3.8, 4) is 0 Å². The van der Waals surface area contributed by atoms with Crippen LogP contribution in [0.3, 0.4) is 0 Å². The van der Waals surface area contributed by atoms with E-state index in [1.54, 1.807) is 5.01 Å². The number of cyclic esters (lactones) is 1. The molecule has 0 N–H and O–H groups in total. The van der Waals surface area contributed by atoms with Crippen LogP contribution in [-0.4, -0.2) is 58.1 Å². The Morgan fingerprint density at radius 1 is 1.19 bits per heavy atom. The van der Waals surface area contributed by atoms with Crippen molar-refractivity contribution in [3.05, 3.63) is 35.4 Å². The zero-order valence-electron chi connectivity index (χ0n) is 15.3. The summed E-state index contributed by atoms with van der Waals surface area (Å²) in [7, 11) is 0. The van der Waals surface area contributed by atoms with Gasteiger partial charge in [-0.15, -0.1) is 0 Å². The van der Waals surface area contributed by atoms with Crippen LogP contribution in [0.1, 0.15) is 37.4 Å². The van der Waals surface area contributed by atoms with Crippen molar-refractivity contribution in [1.82, 2.24) is 14.9 Å². The maximum Gasteiger partial charge on any atom is 0.416 e. The largest absolute Gasteiger partial charge is 0.447 e. The summed E-state index contributed by atoms with van der Waals surface area (Å²) >= 11 is 0. The van der Waals surface area contributed by atoms with Gasteiger partial charge in [0, 0.05) is 12.0 Å². The number of imide groups is 1. The van der Waals surface area contributed by atoms with Crippen LogP contribution in [0.4, 0.5) is 4.79 Å². The van der Waals surface area contributed by atoms with E-state index in [1.165, 1.54) is 4.90 Å². The molecular formula is C19H23N3O4. The molecule has 3 aliphatic rings. The molecular weight excluding hydrogens is 334 g/mol. The molecule has 0 aliphatic carbocycles. The molecule has 138 valence electrons. The zero-order valence-corrected chi connectivity index (χ0v) is 15.3. The third-order valence-corrected chi connectivity index (χ3v) is 5.53. The van der Waals surface area contributed by atoms with Gasteiger partial charge < -0.3 is 4.74 Å². The Morgan fingerprint density at radius 2 is 1.88 bits per heavy atom. The first-order valence-electron chi connectivity index (χ1n) is 8.94. The molecule has 1 aromatic carbocycles. The first kappa shape index (κ1) is 17.0. The molecule has 3 heterocycles. The standard InChI is InChI=1S/C19H23N3O4/c1-12-4-6-13(7-5-12)16-14(17(24)20-8-9-26-18(20)25)11-21-15(23)10-19(2,3)22(16)21/h4-7,14,16H,8-11H2,1-3H3/t14-,16+/m1/s1. The van der Waals surface area contributed by atoms with Crippen molar-refractivity contribution >= 4 is 17.9 Å². The number of carbonyl (C=O) groups is 3. The molecule has 0 saturated carbocycles. The van der Waals surface area contributed by atoms with E-state index in [0.29, 0.717) is 13.0 Å². The number of rotatable bonds is 2. The smallest absolute Gasteiger partial charge is 0.416 e. The van der Waals surface area contributed by atoms with Gasteiger partial charge in [0.15, 0.2) is 0 Å². The predicted octanol–water partition coefficient (Wildman–Crippen LogP) is 1.87. The van der Waals surface area contributed by atoms with E-state index in [-0.39, 0.29) is 36.5 Å². The van der Waals surface area contributed by atoms with Gasteiger partial charge in [0.25, 0.3) is 0 Å². The second-order valence-corrected chi connectivity index (χ2v) is 7.88. The number of ether oxygens (including phenoxy) is 1. The molecule has 0 radical (unpaired) electrons. The Kier molecular flexibility index (Phi) is 3.80. The number of hydrogen-bond donors (Lipinski definition) is 0.